The van der Waals surface area contributed by atoms with E-state index in [0.717, 1.165) is 6.42 Å². The van der Waals surface area contributed by atoms with Gasteiger partial charge >= 0.3 is 11.6 Å². The maximum Gasteiger partial charge on any atom is 0.340 e. The van der Waals surface area contributed by atoms with Crippen LogP contribution in [0.15, 0.2) is 27.4 Å². The van der Waals surface area contributed by atoms with Gasteiger partial charge in [-0.2, -0.15) is 23.4 Å². The first-order chi connectivity index (χ1) is 15.6. The van der Waals surface area contributed by atoms with E-state index in [1.807, 2.05) is 6.92 Å². The fourth-order valence-corrected chi connectivity index (χ4v) is 3.50. The number of hydrogen-bond acceptors (Lipinski definition) is 10. The summed E-state index contributed by atoms with van der Waals surface area (Å²) >= 11 is 0. The lowest BCUT2D eigenvalue weighted by atomic mass is 10.0. The van der Waals surface area contributed by atoms with E-state index >= 15 is 0 Å². The SMILES string of the molecule is CCCc1nc(NCCS(=O)(=O)O)nc(Nc2ccc3c(C)c(CC(=O)O)c(=O)oc3c2)n1. The molecule has 0 amide bonds. The molecule has 0 fully saturated rings. The molecular weight excluding hydrogens is 454 g/mol. The number of carboxylic acid groups (broad SMARTS) is 1. The van der Waals surface area contributed by atoms with Gasteiger partial charge in [0.2, 0.25) is 11.9 Å². The summed E-state index contributed by atoms with van der Waals surface area (Å²) in [6.45, 7) is 3.53. The van der Waals surface area contributed by atoms with Crippen LogP contribution in [0.3, 0.4) is 0 Å². The highest BCUT2D eigenvalue weighted by molar-refractivity contribution is 7.85. The lowest BCUT2D eigenvalue weighted by molar-refractivity contribution is -0.136. The first-order valence-corrected chi connectivity index (χ1v) is 11.7. The Bertz CT molecular complexity index is 1350. The normalized spacial score (nSPS) is 11.5. The Balaban J connectivity index is 1.90. The highest BCUT2D eigenvalue weighted by Gasteiger charge is 2.15. The average molecular weight is 477 g/mol. The van der Waals surface area contributed by atoms with E-state index in [4.69, 9.17) is 14.1 Å². The predicted molar refractivity (Wildman–Crippen MR) is 121 cm³/mol. The molecule has 12 nitrogen and oxygen atoms in total. The number of aromatic nitrogens is 3. The molecule has 0 saturated carbocycles. The van der Waals surface area contributed by atoms with E-state index in [1.54, 1.807) is 25.1 Å². The molecule has 2 aromatic heterocycles. The molecule has 176 valence electrons. The zero-order valence-electron chi connectivity index (χ0n) is 18.0. The van der Waals surface area contributed by atoms with Gasteiger partial charge in [0.1, 0.15) is 11.4 Å². The van der Waals surface area contributed by atoms with Crippen molar-refractivity contribution in [3.63, 3.8) is 0 Å². The lowest BCUT2D eigenvalue weighted by Gasteiger charge is -2.11. The van der Waals surface area contributed by atoms with Crippen LogP contribution in [-0.4, -0.2) is 51.3 Å². The Morgan fingerprint density at radius 3 is 2.58 bits per heavy atom. The van der Waals surface area contributed by atoms with Crippen LogP contribution < -0.4 is 16.3 Å². The number of aryl methyl sites for hydroxylation is 2. The van der Waals surface area contributed by atoms with Crippen molar-refractivity contribution in [3.8, 4) is 0 Å². The van der Waals surface area contributed by atoms with Crippen molar-refractivity contribution in [2.24, 2.45) is 0 Å². The summed E-state index contributed by atoms with van der Waals surface area (Å²) < 4.78 is 36.0. The number of benzene rings is 1. The Labute approximate surface area is 188 Å². The summed E-state index contributed by atoms with van der Waals surface area (Å²) in [6.07, 6.45) is 0.901. The minimum atomic E-state index is -4.13. The number of nitrogens with zero attached hydrogens (tertiary/aromatic N) is 3. The molecule has 0 aliphatic heterocycles. The van der Waals surface area contributed by atoms with Crippen LogP contribution in [0.4, 0.5) is 17.6 Å². The monoisotopic (exact) mass is 477 g/mol. The fourth-order valence-electron chi connectivity index (χ4n) is 3.14. The van der Waals surface area contributed by atoms with Gasteiger partial charge in [-0.25, -0.2) is 4.79 Å². The van der Waals surface area contributed by atoms with Crippen molar-refractivity contribution >= 4 is 44.6 Å². The molecule has 13 heteroatoms. The smallest absolute Gasteiger partial charge is 0.340 e. The molecule has 2 heterocycles. The molecule has 1 aromatic carbocycles. The molecule has 0 aliphatic rings. The average Bonchev–Trinajstić information content (AvgIpc) is 2.70. The Kier molecular flexibility index (Phi) is 7.23. The highest BCUT2D eigenvalue weighted by atomic mass is 32.2. The van der Waals surface area contributed by atoms with Gasteiger partial charge in [0.25, 0.3) is 10.1 Å². The summed E-state index contributed by atoms with van der Waals surface area (Å²) in [6, 6.07) is 4.97. The molecule has 0 unspecified atom stereocenters. The van der Waals surface area contributed by atoms with Gasteiger partial charge in [-0.1, -0.05) is 6.92 Å². The van der Waals surface area contributed by atoms with E-state index in [0.29, 0.717) is 28.9 Å². The number of aliphatic carboxylic acids is 1. The van der Waals surface area contributed by atoms with Crippen molar-refractivity contribution in [2.45, 2.75) is 33.1 Å². The van der Waals surface area contributed by atoms with Gasteiger partial charge in [0, 0.05) is 30.1 Å². The van der Waals surface area contributed by atoms with Crippen LogP contribution in [0.2, 0.25) is 0 Å². The second kappa shape index (κ2) is 9.92. The number of carboxylic acids is 1. The molecule has 0 bridgehead atoms. The van der Waals surface area contributed by atoms with E-state index in [-0.39, 0.29) is 29.6 Å². The van der Waals surface area contributed by atoms with Gasteiger partial charge in [-0.3, -0.25) is 9.35 Å². The van der Waals surface area contributed by atoms with Crippen molar-refractivity contribution in [3.05, 3.63) is 45.6 Å². The minimum Gasteiger partial charge on any atom is -0.481 e. The Morgan fingerprint density at radius 2 is 1.91 bits per heavy atom. The summed E-state index contributed by atoms with van der Waals surface area (Å²) in [5.74, 6) is -0.824. The number of hydrogen-bond donors (Lipinski definition) is 4. The Hall–Kier alpha value is -3.58. The number of nitrogens with one attached hydrogen (secondary N) is 2. The van der Waals surface area contributed by atoms with Crippen LogP contribution in [0.25, 0.3) is 11.0 Å². The largest absolute Gasteiger partial charge is 0.481 e. The van der Waals surface area contributed by atoms with Gasteiger partial charge in [0.15, 0.2) is 0 Å². The molecule has 0 spiro atoms. The first-order valence-electron chi connectivity index (χ1n) is 10.0. The van der Waals surface area contributed by atoms with E-state index < -0.39 is 33.9 Å². The van der Waals surface area contributed by atoms with Gasteiger partial charge < -0.3 is 20.2 Å². The fraction of sp³-hybridized carbons (Fsp3) is 0.350. The summed E-state index contributed by atoms with van der Waals surface area (Å²) in [4.78, 5) is 36.1. The minimum absolute atomic E-state index is 0.0903. The summed E-state index contributed by atoms with van der Waals surface area (Å²) in [5, 5.41) is 15.4. The molecule has 4 N–H and O–H groups in total. The Morgan fingerprint density at radius 1 is 1.18 bits per heavy atom. The van der Waals surface area contributed by atoms with Crippen molar-refractivity contribution in [2.75, 3.05) is 22.9 Å². The number of carbonyl (C=O) groups is 1. The predicted octanol–water partition coefficient (Wildman–Crippen LogP) is 1.91. The second-order valence-electron chi connectivity index (χ2n) is 7.26. The first kappa shape index (κ1) is 24.1. The number of rotatable bonds is 10. The van der Waals surface area contributed by atoms with Crippen LogP contribution in [0.5, 0.6) is 0 Å². The summed E-state index contributed by atoms with van der Waals surface area (Å²) in [7, 11) is -4.13. The van der Waals surface area contributed by atoms with Crippen molar-refractivity contribution in [1.29, 1.82) is 0 Å². The molecule has 0 saturated heterocycles. The van der Waals surface area contributed by atoms with Gasteiger partial charge in [-0.05, 0) is 31.0 Å². The third-order valence-electron chi connectivity index (χ3n) is 4.67. The van der Waals surface area contributed by atoms with Crippen molar-refractivity contribution < 1.29 is 27.3 Å². The van der Waals surface area contributed by atoms with Crippen LogP contribution in [-0.2, 0) is 27.8 Å². The second-order valence-corrected chi connectivity index (χ2v) is 8.83. The molecule has 3 aromatic rings. The summed E-state index contributed by atoms with van der Waals surface area (Å²) in [5.41, 5.74) is 0.693. The zero-order valence-corrected chi connectivity index (χ0v) is 18.8. The maximum absolute atomic E-state index is 12.2. The third kappa shape index (κ3) is 6.46. The van der Waals surface area contributed by atoms with E-state index in [2.05, 4.69) is 25.6 Å². The van der Waals surface area contributed by atoms with Crippen molar-refractivity contribution in [1.82, 2.24) is 15.0 Å². The third-order valence-corrected chi connectivity index (χ3v) is 5.39. The maximum atomic E-state index is 12.2. The number of anilines is 3. The van der Waals surface area contributed by atoms with Gasteiger partial charge in [0.05, 0.1) is 17.7 Å². The quantitative estimate of drug-likeness (QED) is 0.246. The van der Waals surface area contributed by atoms with Gasteiger partial charge in [-0.15, -0.1) is 0 Å². The topological polar surface area (TPSA) is 185 Å². The standard InChI is InChI=1S/C20H23N5O7S/c1-3-4-16-23-19(21-7-8-33(29,30)31)25-20(24-16)22-12-5-6-13-11(2)14(10-17(26)27)18(28)32-15(13)9-12/h5-6,9H,3-4,7-8,10H2,1-2H3,(H,26,27)(H,29,30,31)(H2,21,22,23,24,25). The molecule has 0 atom stereocenters. The highest BCUT2D eigenvalue weighted by Crippen LogP contribution is 2.25. The van der Waals surface area contributed by atoms with Crippen LogP contribution >= 0.6 is 0 Å². The molecule has 3 rings (SSSR count). The lowest BCUT2D eigenvalue weighted by Crippen LogP contribution is -2.17. The van der Waals surface area contributed by atoms with Crippen LogP contribution in [0, 0.1) is 6.92 Å². The van der Waals surface area contributed by atoms with Crippen LogP contribution in [0.1, 0.15) is 30.3 Å². The number of fused-ring (bicyclic) bond motifs is 1. The molecule has 33 heavy (non-hydrogen) atoms. The molecule has 0 aliphatic carbocycles. The molecular formula is C20H23N5O7S. The zero-order chi connectivity index (χ0) is 24.2. The van der Waals surface area contributed by atoms with E-state index in [9.17, 15) is 18.0 Å². The van der Waals surface area contributed by atoms with E-state index in [1.165, 1.54) is 0 Å². The molecule has 0 radical (unpaired) electrons.